The normalized spacial score (nSPS) is 12.0. The number of carbonyl (C=O) groups excluding carboxylic acids is 2. The Morgan fingerprint density at radius 1 is 1.11 bits per heavy atom. The van der Waals surface area contributed by atoms with Crippen LogP contribution >= 0.6 is 11.3 Å². The molecule has 0 saturated carbocycles. The molecule has 0 aliphatic heterocycles. The van der Waals surface area contributed by atoms with Gasteiger partial charge in [-0.1, -0.05) is 57.5 Å². The van der Waals surface area contributed by atoms with Gasteiger partial charge in [0.25, 0.3) is 0 Å². The standard InChI is InChI=1S/C21H29N3O2S/c1-4-6-16-8-10-17(11-9-16)20(18-7-5-12-27-18)22-14-19(25)24-21(26)23-13-15(2)3/h5,7-12,15,20,22H,4,6,13-14H2,1-3H3,(H2,23,24,25,26)/t20-/m1/s1. The van der Waals surface area contributed by atoms with Crippen molar-refractivity contribution < 1.29 is 9.59 Å². The number of aryl methyl sites for hydroxylation is 1. The summed E-state index contributed by atoms with van der Waals surface area (Å²) in [5.74, 6) is -0.0109. The molecule has 3 amide bonds. The van der Waals surface area contributed by atoms with Gasteiger partial charge in [-0.3, -0.25) is 15.4 Å². The summed E-state index contributed by atoms with van der Waals surface area (Å²) in [4.78, 5) is 25.0. The van der Waals surface area contributed by atoms with E-state index in [1.165, 1.54) is 5.56 Å². The number of imide groups is 1. The lowest BCUT2D eigenvalue weighted by atomic mass is 10.0. The van der Waals surface area contributed by atoms with E-state index in [1.807, 2.05) is 25.3 Å². The number of hydrogen-bond acceptors (Lipinski definition) is 4. The summed E-state index contributed by atoms with van der Waals surface area (Å²) in [6.07, 6.45) is 2.18. The van der Waals surface area contributed by atoms with E-state index in [4.69, 9.17) is 0 Å². The summed E-state index contributed by atoms with van der Waals surface area (Å²) in [6, 6.07) is 12.0. The molecular weight excluding hydrogens is 358 g/mol. The summed E-state index contributed by atoms with van der Waals surface area (Å²) < 4.78 is 0. The maximum Gasteiger partial charge on any atom is 0.321 e. The molecule has 146 valence electrons. The van der Waals surface area contributed by atoms with Gasteiger partial charge in [0.05, 0.1) is 12.6 Å². The van der Waals surface area contributed by atoms with Gasteiger partial charge in [0, 0.05) is 11.4 Å². The monoisotopic (exact) mass is 387 g/mol. The lowest BCUT2D eigenvalue weighted by Crippen LogP contribution is -2.44. The van der Waals surface area contributed by atoms with Gasteiger partial charge in [-0.25, -0.2) is 4.79 Å². The lowest BCUT2D eigenvalue weighted by molar-refractivity contribution is -0.119. The number of rotatable bonds is 9. The van der Waals surface area contributed by atoms with Crippen molar-refractivity contribution in [2.75, 3.05) is 13.1 Å². The highest BCUT2D eigenvalue weighted by Gasteiger charge is 2.17. The minimum absolute atomic E-state index is 0.0639. The smallest absolute Gasteiger partial charge is 0.321 e. The Hall–Kier alpha value is -2.18. The number of thiophene rings is 1. The first kappa shape index (κ1) is 21.1. The minimum Gasteiger partial charge on any atom is -0.338 e. The van der Waals surface area contributed by atoms with Gasteiger partial charge < -0.3 is 5.32 Å². The largest absolute Gasteiger partial charge is 0.338 e. The quantitative estimate of drug-likeness (QED) is 0.612. The highest BCUT2D eigenvalue weighted by atomic mass is 32.1. The van der Waals surface area contributed by atoms with Crippen LogP contribution in [0, 0.1) is 5.92 Å². The highest BCUT2D eigenvalue weighted by Crippen LogP contribution is 2.26. The van der Waals surface area contributed by atoms with Crippen LogP contribution in [0.15, 0.2) is 41.8 Å². The SMILES string of the molecule is CCCc1ccc([C@@H](NCC(=O)NC(=O)NCC(C)C)c2cccs2)cc1. The average Bonchev–Trinajstić information content (AvgIpc) is 3.16. The van der Waals surface area contributed by atoms with Crippen LogP contribution in [0.25, 0.3) is 0 Å². The van der Waals surface area contributed by atoms with Crippen molar-refractivity contribution in [2.24, 2.45) is 5.92 Å². The molecule has 1 heterocycles. The Labute approximate surface area is 165 Å². The van der Waals surface area contributed by atoms with E-state index in [1.54, 1.807) is 11.3 Å². The van der Waals surface area contributed by atoms with Crippen LogP contribution in [0.4, 0.5) is 4.79 Å². The molecule has 0 aliphatic rings. The van der Waals surface area contributed by atoms with Crippen molar-refractivity contribution in [3.05, 3.63) is 57.8 Å². The third-order valence-electron chi connectivity index (χ3n) is 4.07. The van der Waals surface area contributed by atoms with Crippen LogP contribution in [-0.2, 0) is 11.2 Å². The number of amides is 3. The van der Waals surface area contributed by atoms with Crippen molar-refractivity contribution in [1.82, 2.24) is 16.0 Å². The zero-order valence-corrected chi connectivity index (χ0v) is 17.1. The molecule has 1 aromatic carbocycles. The van der Waals surface area contributed by atoms with E-state index < -0.39 is 6.03 Å². The van der Waals surface area contributed by atoms with Gasteiger partial charge in [-0.15, -0.1) is 11.3 Å². The highest BCUT2D eigenvalue weighted by molar-refractivity contribution is 7.10. The fraction of sp³-hybridized carbons (Fsp3) is 0.429. The van der Waals surface area contributed by atoms with Crippen LogP contribution in [-0.4, -0.2) is 25.0 Å². The Morgan fingerprint density at radius 3 is 2.44 bits per heavy atom. The molecule has 2 aromatic rings. The van der Waals surface area contributed by atoms with Crippen LogP contribution in [0.5, 0.6) is 0 Å². The third-order valence-corrected chi connectivity index (χ3v) is 5.01. The molecule has 5 nitrogen and oxygen atoms in total. The second-order valence-corrected chi connectivity index (χ2v) is 7.95. The molecule has 0 radical (unpaired) electrons. The Bertz CT molecular complexity index is 712. The predicted molar refractivity (Wildman–Crippen MR) is 111 cm³/mol. The number of carbonyl (C=O) groups is 2. The zero-order chi connectivity index (χ0) is 19.6. The molecule has 0 aliphatic carbocycles. The summed E-state index contributed by atoms with van der Waals surface area (Å²) in [7, 11) is 0. The lowest BCUT2D eigenvalue weighted by Gasteiger charge is -2.18. The van der Waals surface area contributed by atoms with Crippen LogP contribution in [0.2, 0.25) is 0 Å². The van der Waals surface area contributed by atoms with Gasteiger partial charge in [0.15, 0.2) is 0 Å². The van der Waals surface area contributed by atoms with Gasteiger partial charge >= 0.3 is 6.03 Å². The Kier molecular flexibility index (Phi) is 8.48. The number of hydrogen-bond donors (Lipinski definition) is 3. The summed E-state index contributed by atoms with van der Waals surface area (Å²) in [5, 5.41) is 10.3. The molecule has 2 rings (SSSR count). The summed E-state index contributed by atoms with van der Waals surface area (Å²) >= 11 is 1.64. The van der Waals surface area contributed by atoms with Gasteiger partial charge in [0.2, 0.25) is 5.91 Å². The van der Waals surface area contributed by atoms with E-state index in [2.05, 4.69) is 53.2 Å². The molecule has 0 bridgehead atoms. The molecule has 0 fully saturated rings. The molecule has 0 unspecified atom stereocenters. The molecular formula is C21H29N3O2S. The third kappa shape index (κ3) is 7.15. The van der Waals surface area contributed by atoms with Crippen LogP contribution in [0.1, 0.15) is 49.2 Å². The molecule has 6 heteroatoms. The van der Waals surface area contributed by atoms with E-state index in [9.17, 15) is 9.59 Å². The van der Waals surface area contributed by atoms with E-state index in [0.29, 0.717) is 12.5 Å². The van der Waals surface area contributed by atoms with Gasteiger partial charge in [-0.05, 0) is 34.9 Å². The zero-order valence-electron chi connectivity index (χ0n) is 16.2. The van der Waals surface area contributed by atoms with Crippen LogP contribution in [0.3, 0.4) is 0 Å². The summed E-state index contributed by atoms with van der Waals surface area (Å²) in [5.41, 5.74) is 2.42. The topological polar surface area (TPSA) is 70.2 Å². The molecule has 1 aromatic heterocycles. The van der Waals surface area contributed by atoms with E-state index in [-0.39, 0.29) is 18.5 Å². The second kappa shape index (κ2) is 10.8. The maximum atomic E-state index is 12.1. The fourth-order valence-corrected chi connectivity index (χ4v) is 3.54. The first-order valence-electron chi connectivity index (χ1n) is 9.43. The van der Waals surface area contributed by atoms with Crippen molar-refractivity contribution in [3.63, 3.8) is 0 Å². The molecule has 27 heavy (non-hydrogen) atoms. The Balaban J connectivity index is 1.97. The average molecular weight is 388 g/mol. The first-order chi connectivity index (χ1) is 13.0. The molecule has 0 spiro atoms. The molecule has 0 saturated heterocycles. The fourth-order valence-electron chi connectivity index (χ4n) is 2.71. The minimum atomic E-state index is -0.452. The van der Waals surface area contributed by atoms with Gasteiger partial charge in [-0.2, -0.15) is 0 Å². The maximum absolute atomic E-state index is 12.1. The summed E-state index contributed by atoms with van der Waals surface area (Å²) in [6.45, 7) is 6.77. The first-order valence-corrected chi connectivity index (χ1v) is 10.3. The second-order valence-electron chi connectivity index (χ2n) is 6.97. The van der Waals surface area contributed by atoms with Gasteiger partial charge in [0.1, 0.15) is 0 Å². The van der Waals surface area contributed by atoms with Crippen molar-refractivity contribution in [2.45, 2.75) is 39.7 Å². The number of benzene rings is 1. The Morgan fingerprint density at radius 2 is 1.85 bits per heavy atom. The van der Waals surface area contributed by atoms with Crippen molar-refractivity contribution in [3.8, 4) is 0 Å². The number of urea groups is 1. The van der Waals surface area contributed by atoms with Crippen molar-refractivity contribution in [1.29, 1.82) is 0 Å². The van der Waals surface area contributed by atoms with E-state index in [0.717, 1.165) is 23.3 Å². The predicted octanol–water partition coefficient (Wildman–Crippen LogP) is 3.86. The van der Waals surface area contributed by atoms with E-state index >= 15 is 0 Å². The molecule has 1 atom stereocenters. The van der Waals surface area contributed by atoms with Crippen molar-refractivity contribution >= 4 is 23.3 Å². The molecule has 3 N–H and O–H groups in total. The van der Waals surface area contributed by atoms with Crippen LogP contribution < -0.4 is 16.0 Å². The number of nitrogens with one attached hydrogen (secondary N) is 3.